The second kappa shape index (κ2) is 9.89. The van der Waals surface area contributed by atoms with Gasteiger partial charge in [-0.1, -0.05) is 49.4 Å². The fourth-order valence-electron chi connectivity index (χ4n) is 3.44. The Morgan fingerprint density at radius 2 is 1.77 bits per heavy atom. The predicted octanol–water partition coefficient (Wildman–Crippen LogP) is 4.25. The smallest absolute Gasteiger partial charge is 0.261 e. The Balaban J connectivity index is 2.08. The number of hydrogen-bond donors (Lipinski definition) is 0. The molecule has 0 N–H and O–H groups in total. The van der Waals surface area contributed by atoms with Crippen molar-refractivity contribution in [3.8, 4) is 0 Å². The van der Waals surface area contributed by atoms with Gasteiger partial charge in [-0.25, -0.2) is 13.4 Å². The normalized spacial score (nSPS) is 11.9. The molecule has 3 rings (SSSR count). The van der Waals surface area contributed by atoms with Gasteiger partial charge in [-0.15, -0.1) is 0 Å². The number of fused-ring (bicyclic) bond motifs is 1. The lowest BCUT2D eigenvalue weighted by Gasteiger charge is -2.22. The molecule has 31 heavy (non-hydrogen) atoms. The van der Waals surface area contributed by atoms with Crippen LogP contribution in [0.25, 0.3) is 10.2 Å². The Bertz CT molecular complexity index is 1170. The minimum Gasteiger partial charge on any atom is -0.309 e. The van der Waals surface area contributed by atoms with E-state index in [9.17, 15) is 13.2 Å². The van der Waals surface area contributed by atoms with Crippen molar-refractivity contribution in [2.75, 3.05) is 37.8 Å². The maximum Gasteiger partial charge on any atom is 0.261 e. The third kappa shape index (κ3) is 5.14. The Kier molecular flexibility index (Phi) is 7.46. The summed E-state index contributed by atoms with van der Waals surface area (Å²) in [6, 6.07) is 12.5. The average molecular weight is 460 g/mol. The van der Waals surface area contributed by atoms with Gasteiger partial charge in [-0.3, -0.25) is 9.69 Å². The summed E-state index contributed by atoms with van der Waals surface area (Å²) in [5.74, 6) is -0.387. The molecule has 0 spiro atoms. The first-order valence-electron chi connectivity index (χ1n) is 10.4. The molecular weight excluding hydrogens is 430 g/mol. The van der Waals surface area contributed by atoms with Crippen molar-refractivity contribution in [3.05, 3.63) is 53.6 Å². The standard InChI is InChI=1S/C23H29N3O3S2/c1-5-17-11-9-13-19-21(17)24-23(30-19)26(16-10-15-25(3)4)22(27)18-12-7-8-14-20(18)31(28,29)6-2/h7-9,11-14H,5-6,10,15-16H2,1-4H3. The number of thiazole rings is 1. The second-order valence-corrected chi connectivity index (χ2v) is 10.9. The molecule has 166 valence electrons. The summed E-state index contributed by atoms with van der Waals surface area (Å²) >= 11 is 1.47. The van der Waals surface area contributed by atoms with Gasteiger partial charge in [0.05, 0.1) is 26.4 Å². The highest BCUT2D eigenvalue weighted by molar-refractivity contribution is 7.91. The van der Waals surface area contributed by atoms with Crippen molar-refractivity contribution >= 4 is 42.4 Å². The highest BCUT2D eigenvalue weighted by atomic mass is 32.2. The number of nitrogens with zero attached hydrogens (tertiary/aromatic N) is 3. The van der Waals surface area contributed by atoms with Crippen molar-refractivity contribution in [1.82, 2.24) is 9.88 Å². The number of amides is 1. The van der Waals surface area contributed by atoms with Crippen LogP contribution in [0.3, 0.4) is 0 Å². The van der Waals surface area contributed by atoms with Gasteiger partial charge in [0.15, 0.2) is 15.0 Å². The molecule has 0 unspecified atom stereocenters. The Morgan fingerprint density at radius 3 is 2.45 bits per heavy atom. The lowest BCUT2D eigenvalue weighted by atomic mass is 10.1. The zero-order chi connectivity index (χ0) is 22.6. The number of aromatic nitrogens is 1. The van der Waals surface area contributed by atoms with Crippen LogP contribution >= 0.6 is 11.3 Å². The van der Waals surface area contributed by atoms with Gasteiger partial charge in [-0.2, -0.15) is 0 Å². The van der Waals surface area contributed by atoms with Crippen LogP contribution in [0.4, 0.5) is 5.13 Å². The first-order chi connectivity index (χ1) is 14.8. The molecule has 1 aromatic heterocycles. The molecule has 0 aliphatic heterocycles. The van der Waals surface area contributed by atoms with Crippen LogP contribution in [0.5, 0.6) is 0 Å². The molecule has 0 atom stereocenters. The lowest BCUT2D eigenvalue weighted by molar-refractivity contribution is 0.0983. The van der Waals surface area contributed by atoms with Crippen molar-refractivity contribution in [2.45, 2.75) is 31.6 Å². The monoisotopic (exact) mass is 459 g/mol. The first kappa shape index (κ1) is 23.4. The van der Waals surface area contributed by atoms with Gasteiger partial charge in [0.25, 0.3) is 5.91 Å². The van der Waals surface area contributed by atoms with E-state index in [1.165, 1.54) is 17.4 Å². The molecule has 3 aromatic rings. The zero-order valence-electron chi connectivity index (χ0n) is 18.5. The van der Waals surface area contributed by atoms with Crippen LogP contribution in [-0.2, 0) is 16.3 Å². The number of carbonyl (C=O) groups is 1. The van der Waals surface area contributed by atoms with Crippen molar-refractivity contribution in [1.29, 1.82) is 0 Å². The highest BCUT2D eigenvalue weighted by Gasteiger charge is 2.27. The van der Waals surface area contributed by atoms with E-state index in [-0.39, 0.29) is 22.1 Å². The van der Waals surface area contributed by atoms with E-state index in [4.69, 9.17) is 4.98 Å². The average Bonchev–Trinajstić information content (AvgIpc) is 3.20. The summed E-state index contributed by atoms with van der Waals surface area (Å²) in [4.78, 5) is 22.2. The Hall–Kier alpha value is -2.29. The predicted molar refractivity (Wildman–Crippen MR) is 128 cm³/mol. The molecular formula is C23H29N3O3S2. The molecule has 6 nitrogen and oxygen atoms in total. The third-order valence-corrected chi connectivity index (χ3v) is 8.00. The SMILES string of the molecule is CCc1cccc2sc(N(CCCN(C)C)C(=O)c3ccccc3S(=O)(=O)CC)nc12. The van der Waals surface area contributed by atoms with E-state index in [0.29, 0.717) is 11.7 Å². The minimum absolute atomic E-state index is 0.0566. The van der Waals surface area contributed by atoms with E-state index < -0.39 is 9.84 Å². The first-order valence-corrected chi connectivity index (χ1v) is 12.9. The summed E-state index contributed by atoms with van der Waals surface area (Å²) in [7, 11) is 0.442. The molecule has 0 radical (unpaired) electrons. The maximum absolute atomic E-state index is 13.7. The number of sulfone groups is 1. The fraction of sp³-hybridized carbons (Fsp3) is 0.391. The molecule has 1 heterocycles. The number of carbonyl (C=O) groups excluding carboxylic acids is 1. The number of para-hydroxylation sites is 1. The minimum atomic E-state index is -3.53. The number of benzene rings is 2. The van der Waals surface area contributed by atoms with Crippen LogP contribution in [-0.4, -0.2) is 57.1 Å². The van der Waals surface area contributed by atoms with Crippen LogP contribution in [0, 0.1) is 0 Å². The summed E-state index contributed by atoms with van der Waals surface area (Å²) in [5, 5.41) is 0.600. The molecule has 0 saturated carbocycles. The molecule has 0 saturated heterocycles. The largest absolute Gasteiger partial charge is 0.309 e. The summed E-state index contributed by atoms with van der Waals surface area (Å²) < 4.78 is 26.3. The van der Waals surface area contributed by atoms with Crippen molar-refractivity contribution in [3.63, 3.8) is 0 Å². The van der Waals surface area contributed by atoms with Gasteiger partial charge >= 0.3 is 0 Å². The topological polar surface area (TPSA) is 70.6 Å². The van der Waals surface area contributed by atoms with Gasteiger partial charge in [0.1, 0.15) is 0 Å². The van der Waals surface area contributed by atoms with E-state index in [1.807, 2.05) is 32.3 Å². The van der Waals surface area contributed by atoms with Crippen molar-refractivity contribution in [2.24, 2.45) is 0 Å². The van der Waals surface area contributed by atoms with E-state index in [1.54, 1.807) is 30.0 Å². The van der Waals surface area contributed by atoms with Crippen LogP contribution in [0.2, 0.25) is 0 Å². The Morgan fingerprint density at radius 1 is 1.03 bits per heavy atom. The number of rotatable bonds is 9. The molecule has 1 amide bonds. The van der Waals surface area contributed by atoms with Gasteiger partial charge in [0, 0.05) is 6.54 Å². The number of hydrogen-bond acceptors (Lipinski definition) is 6. The molecule has 0 aliphatic rings. The number of anilines is 1. The zero-order valence-corrected chi connectivity index (χ0v) is 20.1. The molecule has 0 bridgehead atoms. The highest BCUT2D eigenvalue weighted by Crippen LogP contribution is 2.32. The number of aryl methyl sites for hydroxylation is 1. The fourth-order valence-corrected chi connectivity index (χ4v) is 5.56. The Labute approximate surface area is 188 Å². The van der Waals surface area contributed by atoms with E-state index in [0.717, 1.165) is 35.2 Å². The van der Waals surface area contributed by atoms with Gasteiger partial charge < -0.3 is 4.90 Å². The molecule has 0 aliphatic carbocycles. The lowest BCUT2D eigenvalue weighted by Crippen LogP contribution is -2.34. The van der Waals surface area contributed by atoms with Gasteiger partial charge in [0.2, 0.25) is 0 Å². The molecule has 0 fully saturated rings. The summed E-state index contributed by atoms with van der Waals surface area (Å²) in [5.41, 5.74) is 2.24. The second-order valence-electron chi connectivity index (χ2n) is 7.63. The summed E-state index contributed by atoms with van der Waals surface area (Å²) in [6.45, 7) is 4.94. The summed E-state index contributed by atoms with van der Waals surface area (Å²) in [6.07, 6.45) is 1.60. The van der Waals surface area contributed by atoms with Crippen LogP contribution in [0.1, 0.15) is 36.2 Å². The molecule has 8 heteroatoms. The van der Waals surface area contributed by atoms with Crippen LogP contribution < -0.4 is 4.90 Å². The van der Waals surface area contributed by atoms with Crippen LogP contribution in [0.15, 0.2) is 47.4 Å². The van der Waals surface area contributed by atoms with Crippen molar-refractivity contribution < 1.29 is 13.2 Å². The molecule has 2 aromatic carbocycles. The quantitative estimate of drug-likeness (QED) is 0.478. The van der Waals surface area contributed by atoms with E-state index >= 15 is 0 Å². The van der Waals surface area contributed by atoms with E-state index in [2.05, 4.69) is 11.8 Å². The van der Waals surface area contributed by atoms with Gasteiger partial charge in [-0.05, 0) is 57.2 Å². The maximum atomic E-state index is 13.7. The third-order valence-electron chi connectivity index (χ3n) is 5.17.